The number of benzene rings is 2. The predicted molar refractivity (Wildman–Crippen MR) is 103 cm³/mol. The molecule has 2 aromatic carbocycles. The van der Waals surface area contributed by atoms with Gasteiger partial charge in [0.2, 0.25) is 15.8 Å². The van der Waals surface area contributed by atoms with E-state index in [0.717, 1.165) is 5.56 Å². The summed E-state index contributed by atoms with van der Waals surface area (Å²) in [4.78, 5) is 22.6. The van der Waals surface area contributed by atoms with Crippen LogP contribution in [0.25, 0.3) is 11.0 Å². The smallest absolute Gasteiger partial charge is 0.372 e. The van der Waals surface area contributed by atoms with E-state index in [1.54, 1.807) is 25.1 Å². The second kappa shape index (κ2) is 7.57. The number of carboxylic acid groups (broad SMARTS) is 1. The number of carboxylic acids is 1. The molecule has 0 aliphatic rings. The number of nitrogens with one attached hydrogen (secondary N) is 1. The Morgan fingerprint density at radius 2 is 1.89 bits per heavy atom. The first-order valence-corrected chi connectivity index (χ1v) is 10.0. The van der Waals surface area contributed by atoms with Gasteiger partial charge in [-0.2, -0.15) is 0 Å². The molecule has 8 heteroatoms. The fourth-order valence-corrected chi connectivity index (χ4v) is 3.99. The van der Waals surface area contributed by atoms with Gasteiger partial charge in [-0.3, -0.25) is 4.79 Å². The van der Waals surface area contributed by atoms with Gasteiger partial charge in [0.15, 0.2) is 5.78 Å². The largest absolute Gasteiger partial charge is 0.475 e. The SMILES string of the molecule is CC(=O)c1cccc(CCNS(=O)(=O)c2ccc3oc(C(=O)O)c(C)c3c2)c1. The first-order valence-electron chi connectivity index (χ1n) is 8.55. The second-order valence-corrected chi connectivity index (χ2v) is 8.19. The summed E-state index contributed by atoms with van der Waals surface area (Å²) in [5, 5.41) is 9.57. The van der Waals surface area contributed by atoms with E-state index in [9.17, 15) is 18.0 Å². The molecule has 0 amide bonds. The molecule has 0 radical (unpaired) electrons. The number of ketones is 1. The van der Waals surface area contributed by atoms with Crippen LogP contribution in [-0.4, -0.2) is 31.8 Å². The number of sulfonamides is 1. The highest BCUT2D eigenvalue weighted by molar-refractivity contribution is 7.89. The van der Waals surface area contributed by atoms with E-state index in [-0.39, 0.29) is 23.0 Å². The summed E-state index contributed by atoms with van der Waals surface area (Å²) in [6.07, 6.45) is 0.427. The van der Waals surface area contributed by atoms with Crippen molar-refractivity contribution in [2.24, 2.45) is 0 Å². The van der Waals surface area contributed by atoms with E-state index >= 15 is 0 Å². The topological polar surface area (TPSA) is 114 Å². The van der Waals surface area contributed by atoms with Crippen LogP contribution in [0.1, 0.15) is 39.0 Å². The average molecular weight is 401 g/mol. The molecule has 0 bridgehead atoms. The second-order valence-electron chi connectivity index (χ2n) is 6.42. The van der Waals surface area contributed by atoms with Crippen LogP contribution < -0.4 is 4.72 Å². The number of aromatic carboxylic acids is 1. The number of hydrogen-bond donors (Lipinski definition) is 2. The van der Waals surface area contributed by atoms with Gasteiger partial charge >= 0.3 is 5.97 Å². The van der Waals surface area contributed by atoms with Gasteiger partial charge in [-0.1, -0.05) is 18.2 Å². The van der Waals surface area contributed by atoms with Crippen LogP contribution in [0.2, 0.25) is 0 Å². The number of hydrogen-bond acceptors (Lipinski definition) is 5. The predicted octanol–water partition coefficient (Wildman–Crippen LogP) is 3.16. The number of rotatable bonds is 7. The monoisotopic (exact) mass is 401 g/mol. The van der Waals surface area contributed by atoms with E-state index < -0.39 is 16.0 Å². The van der Waals surface area contributed by atoms with Gasteiger partial charge in [0.1, 0.15) is 5.58 Å². The van der Waals surface area contributed by atoms with Crippen molar-refractivity contribution in [3.8, 4) is 0 Å². The molecule has 3 aromatic rings. The van der Waals surface area contributed by atoms with Crippen LogP contribution in [0, 0.1) is 6.92 Å². The van der Waals surface area contributed by atoms with Crippen LogP contribution in [0.3, 0.4) is 0 Å². The summed E-state index contributed by atoms with van der Waals surface area (Å²) < 4.78 is 32.9. The highest BCUT2D eigenvalue weighted by Crippen LogP contribution is 2.27. The van der Waals surface area contributed by atoms with E-state index in [4.69, 9.17) is 9.52 Å². The van der Waals surface area contributed by atoms with Gasteiger partial charge in [-0.05, 0) is 50.1 Å². The first kappa shape index (κ1) is 19.8. The summed E-state index contributed by atoms with van der Waals surface area (Å²) in [5.41, 5.74) is 2.12. The van der Waals surface area contributed by atoms with E-state index in [0.29, 0.717) is 28.5 Å². The Balaban J connectivity index is 1.77. The Morgan fingerprint density at radius 1 is 1.14 bits per heavy atom. The first-order chi connectivity index (χ1) is 13.2. The molecular weight excluding hydrogens is 382 g/mol. The lowest BCUT2D eigenvalue weighted by Gasteiger charge is -2.08. The van der Waals surface area contributed by atoms with Crippen molar-refractivity contribution in [2.75, 3.05) is 6.54 Å². The Kier molecular flexibility index (Phi) is 5.35. The van der Waals surface area contributed by atoms with Crippen molar-refractivity contribution in [3.05, 3.63) is 64.9 Å². The van der Waals surface area contributed by atoms with Crippen molar-refractivity contribution in [1.29, 1.82) is 0 Å². The van der Waals surface area contributed by atoms with Gasteiger partial charge < -0.3 is 9.52 Å². The molecule has 2 N–H and O–H groups in total. The molecule has 7 nitrogen and oxygen atoms in total. The Morgan fingerprint density at radius 3 is 2.57 bits per heavy atom. The van der Waals surface area contributed by atoms with Crippen LogP contribution >= 0.6 is 0 Å². The van der Waals surface area contributed by atoms with Crippen LogP contribution in [0.5, 0.6) is 0 Å². The zero-order valence-corrected chi connectivity index (χ0v) is 16.2. The van der Waals surface area contributed by atoms with Crippen molar-refractivity contribution in [3.63, 3.8) is 0 Å². The molecule has 0 spiro atoms. The Hall–Kier alpha value is -2.97. The summed E-state index contributed by atoms with van der Waals surface area (Å²) in [6, 6.07) is 11.3. The zero-order chi connectivity index (χ0) is 20.5. The minimum Gasteiger partial charge on any atom is -0.475 e. The fourth-order valence-electron chi connectivity index (χ4n) is 2.93. The highest BCUT2D eigenvalue weighted by atomic mass is 32.2. The maximum Gasteiger partial charge on any atom is 0.372 e. The molecule has 146 valence electrons. The lowest BCUT2D eigenvalue weighted by Crippen LogP contribution is -2.26. The molecule has 0 fully saturated rings. The van der Waals surface area contributed by atoms with E-state index in [2.05, 4.69) is 4.72 Å². The lowest BCUT2D eigenvalue weighted by atomic mass is 10.1. The van der Waals surface area contributed by atoms with Crippen LogP contribution in [-0.2, 0) is 16.4 Å². The number of carbonyl (C=O) groups is 2. The summed E-state index contributed by atoms with van der Waals surface area (Å²) in [6.45, 7) is 3.21. The number of Topliss-reactive ketones (excluding diaryl/α,β-unsaturated/α-hetero) is 1. The molecule has 0 saturated carbocycles. The summed E-state index contributed by atoms with van der Waals surface area (Å²) in [5.74, 6) is -1.46. The molecule has 3 rings (SSSR count). The average Bonchev–Trinajstić information content (AvgIpc) is 2.98. The molecule has 1 heterocycles. The van der Waals surface area contributed by atoms with Gasteiger partial charge in [0.25, 0.3) is 0 Å². The van der Waals surface area contributed by atoms with E-state index in [1.807, 2.05) is 6.07 Å². The fraction of sp³-hybridized carbons (Fsp3) is 0.200. The van der Waals surface area contributed by atoms with Crippen molar-refractivity contribution < 1.29 is 27.5 Å². The standard InChI is InChI=1S/C20H19NO6S/c1-12-17-11-16(6-7-18(17)27-19(12)20(23)24)28(25,26)21-9-8-14-4-3-5-15(10-14)13(2)22/h3-7,10-11,21H,8-9H2,1-2H3,(H,23,24). The van der Waals surface area contributed by atoms with Crippen LogP contribution in [0.4, 0.5) is 0 Å². The molecular formula is C20H19NO6S. The molecule has 0 atom stereocenters. The number of aryl methyl sites for hydroxylation is 1. The maximum atomic E-state index is 12.6. The summed E-state index contributed by atoms with van der Waals surface area (Å²) in [7, 11) is -3.78. The number of fused-ring (bicyclic) bond motifs is 1. The Bertz CT molecular complexity index is 1180. The maximum absolute atomic E-state index is 12.6. The minimum atomic E-state index is -3.78. The minimum absolute atomic E-state index is 0.0262. The quantitative estimate of drug-likeness (QED) is 0.588. The number of carbonyl (C=O) groups excluding carboxylic acids is 1. The van der Waals surface area contributed by atoms with Gasteiger partial charge in [0, 0.05) is 23.1 Å². The van der Waals surface area contributed by atoms with Crippen LogP contribution in [0.15, 0.2) is 51.8 Å². The van der Waals surface area contributed by atoms with Crippen molar-refractivity contribution in [1.82, 2.24) is 4.72 Å². The third kappa shape index (κ3) is 3.97. The molecule has 0 saturated heterocycles. The molecule has 0 aliphatic heterocycles. The van der Waals surface area contributed by atoms with E-state index in [1.165, 1.54) is 25.1 Å². The van der Waals surface area contributed by atoms with Crippen molar-refractivity contribution in [2.45, 2.75) is 25.2 Å². The lowest BCUT2D eigenvalue weighted by molar-refractivity contribution is 0.0663. The number of furan rings is 1. The Labute approximate surface area is 162 Å². The van der Waals surface area contributed by atoms with Gasteiger partial charge in [-0.25, -0.2) is 17.9 Å². The molecule has 28 heavy (non-hydrogen) atoms. The third-order valence-electron chi connectivity index (χ3n) is 4.45. The molecule has 1 aromatic heterocycles. The molecule has 0 aliphatic carbocycles. The normalized spacial score (nSPS) is 11.6. The van der Waals surface area contributed by atoms with Gasteiger partial charge in [-0.15, -0.1) is 0 Å². The van der Waals surface area contributed by atoms with Crippen molar-refractivity contribution >= 4 is 32.7 Å². The highest BCUT2D eigenvalue weighted by Gasteiger charge is 2.20. The summed E-state index contributed by atoms with van der Waals surface area (Å²) >= 11 is 0. The zero-order valence-electron chi connectivity index (χ0n) is 15.4. The van der Waals surface area contributed by atoms with Gasteiger partial charge in [0.05, 0.1) is 4.90 Å². The third-order valence-corrected chi connectivity index (χ3v) is 5.91. The molecule has 0 unspecified atom stereocenters.